The van der Waals surface area contributed by atoms with Crippen molar-refractivity contribution in [3.8, 4) is 11.5 Å². The number of methoxy groups -OCH3 is 1. The minimum Gasteiger partial charge on any atom is -0.487 e. The molecule has 0 unspecified atom stereocenters. The lowest BCUT2D eigenvalue weighted by Crippen LogP contribution is -2.11. The van der Waals surface area contributed by atoms with Crippen molar-refractivity contribution in [1.29, 1.82) is 0 Å². The fraction of sp³-hybridized carbons (Fsp3) is 0.353. The Hall–Kier alpha value is -2.35. The Morgan fingerprint density at radius 3 is 2.54 bits per heavy atom. The average molecular weight is 334 g/mol. The Kier molecular flexibility index (Phi) is 7.82. The standard InChI is InChI=1S/C17H22N2O5/c1-21-9-10-22-11-12-23-15-7-8-18-17(19-20)16(15)24-13-14-5-3-2-4-6-14/h2-8,20H,9-13H2,1H3,(H,18,19). The van der Waals surface area contributed by atoms with Crippen molar-refractivity contribution in [2.75, 3.05) is 39.0 Å². The molecule has 7 heteroatoms. The molecule has 2 N–H and O–H groups in total. The molecule has 130 valence electrons. The van der Waals surface area contributed by atoms with E-state index in [0.717, 1.165) is 5.56 Å². The summed E-state index contributed by atoms with van der Waals surface area (Å²) in [5.74, 6) is 1.03. The fourth-order valence-corrected chi connectivity index (χ4v) is 1.95. The molecule has 0 aliphatic carbocycles. The number of benzene rings is 1. The largest absolute Gasteiger partial charge is 0.487 e. The SMILES string of the molecule is COCCOCCOc1ccnc(NO)c1OCc1ccccc1. The molecule has 0 aliphatic rings. The number of hydrogen-bond donors (Lipinski definition) is 2. The molecule has 0 amide bonds. The van der Waals surface area contributed by atoms with Gasteiger partial charge in [0.05, 0.1) is 19.8 Å². The van der Waals surface area contributed by atoms with E-state index in [1.165, 1.54) is 6.20 Å². The number of nitrogens with one attached hydrogen (secondary N) is 1. The van der Waals surface area contributed by atoms with Gasteiger partial charge in [0, 0.05) is 19.4 Å². The highest BCUT2D eigenvalue weighted by atomic mass is 16.6. The quantitative estimate of drug-likeness (QED) is 0.482. The van der Waals surface area contributed by atoms with Crippen LogP contribution in [0.4, 0.5) is 5.82 Å². The lowest BCUT2D eigenvalue weighted by Gasteiger charge is -2.15. The first-order valence-electron chi connectivity index (χ1n) is 7.60. The lowest BCUT2D eigenvalue weighted by atomic mass is 10.2. The van der Waals surface area contributed by atoms with E-state index >= 15 is 0 Å². The molecule has 1 heterocycles. The van der Waals surface area contributed by atoms with Crippen LogP contribution in [-0.4, -0.2) is 43.7 Å². The van der Waals surface area contributed by atoms with Crippen LogP contribution in [0.2, 0.25) is 0 Å². The van der Waals surface area contributed by atoms with Gasteiger partial charge in [-0.3, -0.25) is 5.21 Å². The van der Waals surface area contributed by atoms with Crippen LogP contribution in [0.15, 0.2) is 42.6 Å². The summed E-state index contributed by atoms with van der Waals surface area (Å²) < 4.78 is 21.7. The normalized spacial score (nSPS) is 10.4. The zero-order valence-corrected chi connectivity index (χ0v) is 13.6. The summed E-state index contributed by atoms with van der Waals surface area (Å²) in [7, 11) is 1.62. The topological polar surface area (TPSA) is 82.1 Å². The third-order valence-electron chi connectivity index (χ3n) is 3.12. The summed E-state index contributed by atoms with van der Waals surface area (Å²) in [6.45, 7) is 2.16. The maximum atomic E-state index is 9.22. The highest BCUT2D eigenvalue weighted by molar-refractivity contribution is 5.56. The maximum absolute atomic E-state index is 9.22. The van der Waals surface area contributed by atoms with Crippen molar-refractivity contribution < 1.29 is 24.2 Å². The molecule has 0 atom stereocenters. The molecule has 0 saturated heterocycles. The van der Waals surface area contributed by atoms with Gasteiger partial charge in [0.2, 0.25) is 5.75 Å². The summed E-state index contributed by atoms with van der Waals surface area (Å²) in [6, 6.07) is 11.4. The zero-order valence-electron chi connectivity index (χ0n) is 13.6. The Morgan fingerprint density at radius 2 is 1.79 bits per heavy atom. The number of aromatic nitrogens is 1. The molecular formula is C17H22N2O5. The third kappa shape index (κ3) is 5.69. The zero-order chi connectivity index (χ0) is 17.0. The predicted molar refractivity (Wildman–Crippen MR) is 88.6 cm³/mol. The van der Waals surface area contributed by atoms with Gasteiger partial charge in [0.1, 0.15) is 13.2 Å². The Bertz CT molecular complexity index is 595. The van der Waals surface area contributed by atoms with E-state index in [0.29, 0.717) is 44.5 Å². The van der Waals surface area contributed by atoms with Crippen molar-refractivity contribution in [2.45, 2.75) is 6.61 Å². The van der Waals surface area contributed by atoms with Crippen LogP contribution in [0.1, 0.15) is 5.56 Å². The summed E-state index contributed by atoms with van der Waals surface area (Å²) >= 11 is 0. The Balaban J connectivity index is 1.94. The van der Waals surface area contributed by atoms with E-state index in [1.54, 1.807) is 13.2 Å². The average Bonchev–Trinajstić information content (AvgIpc) is 2.64. The smallest absolute Gasteiger partial charge is 0.206 e. The monoisotopic (exact) mass is 334 g/mol. The molecule has 1 aromatic carbocycles. The van der Waals surface area contributed by atoms with Crippen LogP contribution in [-0.2, 0) is 16.1 Å². The van der Waals surface area contributed by atoms with Gasteiger partial charge >= 0.3 is 0 Å². The number of nitrogens with zero attached hydrogens (tertiary/aromatic N) is 1. The van der Waals surface area contributed by atoms with Gasteiger partial charge in [0.15, 0.2) is 11.6 Å². The van der Waals surface area contributed by atoms with E-state index in [9.17, 15) is 5.21 Å². The van der Waals surface area contributed by atoms with E-state index in [1.807, 2.05) is 35.8 Å². The van der Waals surface area contributed by atoms with Crippen LogP contribution in [0, 0.1) is 0 Å². The van der Waals surface area contributed by atoms with E-state index in [4.69, 9.17) is 18.9 Å². The van der Waals surface area contributed by atoms with Crippen LogP contribution in [0.25, 0.3) is 0 Å². The van der Waals surface area contributed by atoms with Crippen molar-refractivity contribution in [3.63, 3.8) is 0 Å². The van der Waals surface area contributed by atoms with E-state index in [-0.39, 0.29) is 5.82 Å². The van der Waals surface area contributed by atoms with Crippen LogP contribution >= 0.6 is 0 Å². The lowest BCUT2D eigenvalue weighted by molar-refractivity contribution is 0.0538. The van der Waals surface area contributed by atoms with E-state index < -0.39 is 0 Å². The molecule has 0 aliphatic heterocycles. The van der Waals surface area contributed by atoms with Crippen molar-refractivity contribution in [1.82, 2.24) is 4.98 Å². The van der Waals surface area contributed by atoms with Crippen molar-refractivity contribution >= 4 is 5.82 Å². The number of ether oxygens (including phenoxy) is 4. The van der Waals surface area contributed by atoms with Crippen LogP contribution < -0.4 is 15.0 Å². The molecule has 0 saturated carbocycles. The highest BCUT2D eigenvalue weighted by Gasteiger charge is 2.13. The van der Waals surface area contributed by atoms with Gasteiger partial charge in [0.25, 0.3) is 0 Å². The summed E-state index contributed by atoms with van der Waals surface area (Å²) in [6.07, 6.45) is 1.52. The first kappa shape index (κ1) is 18.0. The van der Waals surface area contributed by atoms with Crippen molar-refractivity contribution in [2.24, 2.45) is 0 Å². The van der Waals surface area contributed by atoms with Crippen LogP contribution in [0.5, 0.6) is 11.5 Å². The molecule has 0 radical (unpaired) electrons. The van der Waals surface area contributed by atoms with Gasteiger partial charge in [-0.1, -0.05) is 30.3 Å². The molecule has 24 heavy (non-hydrogen) atoms. The molecular weight excluding hydrogens is 312 g/mol. The molecule has 1 aromatic heterocycles. The Labute approximate surface area is 141 Å². The highest BCUT2D eigenvalue weighted by Crippen LogP contribution is 2.33. The number of hydrogen-bond acceptors (Lipinski definition) is 7. The number of rotatable bonds is 11. The number of anilines is 1. The minimum absolute atomic E-state index is 0.198. The first-order chi connectivity index (χ1) is 11.8. The van der Waals surface area contributed by atoms with Crippen molar-refractivity contribution in [3.05, 3.63) is 48.2 Å². The van der Waals surface area contributed by atoms with Gasteiger partial charge < -0.3 is 18.9 Å². The van der Waals surface area contributed by atoms with Gasteiger partial charge in [-0.2, -0.15) is 0 Å². The maximum Gasteiger partial charge on any atom is 0.206 e. The molecule has 2 rings (SSSR count). The van der Waals surface area contributed by atoms with Gasteiger partial charge in [-0.25, -0.2) is 10.5 Å². The second-order valence-electron chi connectivity index (χ2n) is 4.83. The van der Waals surface area contributed by atoms with Gasteiger partial charge in [-0.05, 0) is 5.56 Å². The summed E-state index contributed by atoms with van der Waals surface area (Å²) in [5.41, 5.74) is 3.03. The molecule has 0 spiro atoms. The molecule has 7 nitrogen and oxygen atoms in total. The second kappa shape index (κ2) is 10.4. The van der Waals surface area contributed by atoms with Gasteiger partial charge in [-0.15, -0.1) is 0 Å². The number of pyridine rings is 1. The van der Waals surface area contributed by atoms with E-state index in [2.05, 4.69) is 4.98 Å². The minimum atomic E-state index is 0.198. The summed E-state index contributed by atoms with van der Waals surface area (Å²) in [5, 5.41) is 9.22. The molecule has 0 bridgehead atoms. The Morgan fingerprint density at radius 1 is 1.00 bits per heavy atom. The molecule has 0 fully saturated rings. The fourth-order valence-electron chi connectivity index (χ4n) is 1.95. The molecule has 2 aromatic rings. The predicted octanol–water partition coefficient (Wildman–Crippen LogP) is 2.50. The third-order valence-corrected chi connectivity index (χ3v) is 3.12. The second-order valence-corrected chi connectivity index (χ2v) is 4.83. The summed E-state index contributed by atoms with van der Waals surface area (Å²) in [4.78, 5) is 4.02. The van der Waals surface area contributed by atoms with Crippen LogP contribution in [0.3, 0.4) is 0 Å². The first-order valence-corrected chi connectivity index (χ1v) is 7.60.